The number of nitrogen functional groups attached to an aromatic ring is 1. The van der Waals surface area contributed by atoms with Gasteiger partial charge in [-0.25, -0.2) is 9.97 Å². The molecule has 1 aliphatic carbocycles. The van der Waals surface area contributed by atoms with Gasteiger partial charge in [-0.05, 0) is 37.7 Å². The third kappa shape index (κ3) is 4.22. The van der Waals surface area contributed by atoms with Crippen LogP contribution in [0.3, 0.4) is 0 Å². The Labute approximate surface area is 157 Å². The number of nitrogens with two attached hydrogens (primary N) is 1. The summed E-state index contributed by atoms with van der Waals surface area (Å²) in [5, 5.41) is 2.30. The Morgan fingerprint density at radius 1 is 1.46 bits per heavy atom. The molecule has 0 saturated carbocycles. The van der Waals surface area contributed by atoms with Gasteiger partial charge in [-0.1, -0.05) is 18.7 Å². The molecule has 2 unspecified atom stereocenters. The highest BCUT2D eigenvalue weighted by atomic mass is 32.2. The Kier molecular flexibility index (Phi) is 5.34. The van der Waals surface area contributed by atoms with Crippen LogP contribution >= 0.6 is 23.1 Å². The molecule has 0 spiro atoms. The molecule has 3 N–H and O–H groups in total. The number of carbonyl (C=O) groups excluding carboxylic acids is 1. The molecule has 2 aromatic heterocycles. The van der Waals surface area contributed by atoms with E-state index in [0.29, 0.717) is 16.9 Å². The van der Waals surface area contributed by atoms with Crippen molar-refractivity contribution in [2.45, 2.75) is 49.7 Å². The number of nitrogens with zero attached hydrogens (tertiary/aromatic N) is 2. The molecule has 1 amide bonds. The van der Waals surface area contributed by atoms with Gasteiger partial charge in [-0.2, -0.15) is 13.2 Å². The van der Waals surface area contributed by atoms with Crippen LogP contribution in [0.25, 0.3) is 10.2 Å². The number of anilines is 1. The van der Waals surface area contributed by atoms with E-state index in [1.165, 1.54) is 17.4 Å². The number of alkyl halides is 3. The molecule has 0 saturated heterocycles. The number of aryl methyl sites for hydroxylation is 1. The molecule has 3 rings (SSSR count). The molecule has 0 fully saturated rings. The van der Waals surface area contributed by atoms with Crippen molar-refractivity contribution in [3.63, 3.8) is 0 Å². The molecule has 2 heterocycles. The first-order valence-electron chi connectivity index (χ1n) is 8.23. The summed E-state index contributed by atoms with van der Waals surface area (Å²) in [5.41, 5.74) is 7.34. The van der Waals surface area contributed by atoms with Crippen LogP contribution in [0.15, 0.2) is 5.16 Å². The van der Waals surface area contributed by atoms with Crippen molar-refractivity contribution >= 4 is 45.0 Å². The summed E-state index contributed by atoms with van der Waals surface area (Å²) in [6.45, 7) is 2.38. The van der Waals surface area contributed by atoms with E-state index in [-0.39, 0.29) is 0 Å². The van der Waals surface area contributed by atoms with E-state index >= 15 is 0 Å². The normalized spacial score (nSPS) is 18.6. The van der Waals surface area contributed by atoms with Crippen LogP contribution < -0.4 is 11.1 Å². The Hall–Kier alpha value is -1.55. The van der Waals surface area contributed by atoms with Crippen LogP contribution in [0.2, 0.25) is 0 Å². The first-order chi connectivity index (χ1) is 12.1. The van der Waals surface area contributed by atoms with Crippen LogP contribution in [0.1, 0.15) is 30.7 Å². The lowest BCUT2D eigenvalue weighted by molar-refractivity contribution is -0.137. The monoisotopic (exact) mass is 404 g/mol. The fourth-order valence-corrected chi connectivity index (χ4v) is 5.20. The molecule has 26 heavy (non-hydrogen) atoms. The van der Waals surface area contributed by atoms with E-state index in [1.54, 1.807) is 11.3 Å². The molecule has 1 aliphatic rings. The molecule has 2 atom stereocenters. The van der Waals surface area contributed by atoms with Gasteiger partial charge in [-0.15, -0.1) is 11.3 Å². The van der Waals surface area contributed by atoms with Crippen LogP contribution in [0, 0.1) is 5.92 Å². The topological polar surface area (TPSA) is 80.9 Å². The average molecular weight is 404 g/mol. The second-order valence-corrected chi connectivity index (χ2v) is 8.91. The van der Waals surface area contributed by atoms with Crippen molar-refractivity contribution in [1.82, 2.24) is 15.3 Å². The highest BCUT2D eigenvalue weighted by Gasteiger charge is 2.29. The maximum Gasteiger partial charge on any atom is 0.405 e. The summed E-state index contributed by atoms with van der Waals surface area (Å²) in [4.78, 5) is 22.6. The molecule has 0 radical (unpaired) electrons. The van der Waals surface area contributed by atoms with Crippen molar-refractivity contribution in [1.29, 1.82) is 0 Å². The van der Waals surface area contributed by atoms with Gasteiger partial charge in [0.25, 0.3) is 0 Å². The highest BCUT2D eigenvalue weighted by Crippen LogP contribution is 2.40. The number of thiophene rings is 1. The summed E-state index contributed by atoms with van der Waals surface area (Å²) in [6, 6.07) is 0. The lowest BCUT2D eigenvalue weighted by Crippen LogP contribution is -2.38. The number of aromatic nitrogens is 2. The van der Waals surface area contributed by atoms with Crippen LogP contribution in [-0.2, 0) is 17.6 Å². The number of hydrogen-bond donors (Lipinski definition) is 2. The average Bonchev–Trinajstić information content (AvgIpc) is 2.89. The maximum absolute atomic E-state index is 12.2. The van der Waals surface area contributed by atoms with Crippen LogP contribution in [-0.4, -0.2) is 33.8 Å². The second kappa shape index (κ2) is 7.22. The molecule has 0 bridgehead atoms. The first-order valence-corrected chi connectivity index (χ1v) is 9.92. The Balaban J connectivity index is 1.78. The SMILES string of the molecule is CC1CCc2c(sc3nc(SC(C)C(=O)NCC(F)(F)F)nc(N)c23)C1. The molecular weight excluding hydrogens is 385 g/mol. The van der Waals surface area contributed by atoms with Crippen molar-refractivity contribution in [3.05, 3.63) is 10.4 Å². The predicted octanol–water partition coefficient (Wildman–Crippen LogP) is 3.56. The zero-order valence-electron chi connectivity index (χ0n) is 14.3. The molecule has 2 aromatic rings. The zero-order chi connectivity index (χ0) is 19.1. The van der Waals surface area contributed by atoms with Gasteiger partial charge in [-0.3, -0.25) is 4.79 Å². The minimum absolute atomic E-state index is 0.302. The molecule has 10 heteroatoms. The van der Waals surface area contributed by atoms with Crippen molar-refractivity contribution in [2.24, 2.45) is 5.92 Å². The quantitative estimate of drug-likeness (QED) is 0.602. The summed E-state index contributed by atoms with van der Waals surface area (Å²) < 4.78 is 36.6. The van der Waals surface area contributed by atoms with E-state index in [2.05, 4.69) is 16.9 Å². The summed E-state index contributed by atoms with van der Waals surface area (Å²) in [6.07, 6.45) is -1.39. The van der Waals surface area contributed by atoms with Gasteiger partial charge < -0.3 is 11.1 Å². The second-order valence-electron chi connectivity index (χ2n) is 6.52. The van der Waals surface area contributed by atoms with E-state index in [1.807, 2.05) is 5.32 Å². The molecule has 0 aromatic carbocycles. The third-order valence-electron chi connectivity index (χ3n) is 4.28. The minimum atomic E-state index is -4.44. The summed E-state index contributed by atoms with van der Waals surface area (Å²) in [7, 11) is 0. The number of carbonyl (C=O) groups is 1. The van der Waals surface area contributed by atoms with E-state index in [9.17, 15) is 18.0 Å². The van der Waals surface area contributed by atoms with E-state index in [4.69, 9.17) is 5.73 Å². The van der Waals surface area contributed by atoms with Crippen LogP contribution in [0.4, 0.5) is 19.0 Å². The number of hydrogen-bond acceptors (Lipinski definition) is 6. The highest BCUT2D eigenvalue weighted by molar-refractivity contribution is 8.00. The van der Waals surface area contributed by atoms with Gasteiger partial charge in [0.2, 0.25) is 5.91 Å². The number of halogens is 3. The molecule has 0 aliphatic heterocycles. The number of thioether (sulfide) groups is 1. The first kappa shape index (κ1) is 19.2. The predicted molar refractivity (Wildman–Crippen MR) is 97.4 cm³/mol. The van der Waals surface area contributed by atoms with Crippen LogP contribution in [0.5, 0.6) is 0 Å². The molecule has 142 valence electrons. The van der Waals surface area contributed by atoms with Gasteiger partial charge in [0, 0.05) is 4.88 Å². The largest absolute Gasteiger partial charge is 0.405 e. The van der Waals surface area contributed by atoms with Crippen molar-refractivity contribution in [2.75, 3.05) is 12.3 Å². The van der Waals surface area contributed by atoms with Gasteiger partial charge in [0.05, 0.1) is 10.6 Å². The smallest absolute Gasteiger partial charge is 0.383 e. The van der Waals surface area contributed by atoms with Gasteiger partial charge >= 0.3 is 6.18 Å². The fraction of sp³-hybridized carbons (Fsp3) is 0.562. The fourth-order valence-electron chi connectivity index (χ4n) is 2.95. The minimum Gasteiger partial charge on any atom is -0.383 e. The number of amides is 1. The zero-order valence-corrected chi connectivity index (χ0v) is 15.9. The number of rotatable bonds is 4. The summed E-state index contributed by atoms with van der Waals surface area (Å²) in [5.74, 6) is 0.275. The Morgan fingerprint density at radius 3 is 2.88 bits per heavy atom. The van der Waals surface area contributed by atoms with Crippen molar-refractivity contribution in [3.8, 4) is 0 Å². The van der Waals surface area contributed by atoms with Crippen molar-refractivity contribution < 1.29 is 18.0 Å². The van der Waals surface area contributed by atoms with E-state index in [0.717, 1.165) is 41.2 Å². The lowest BCUT2D eigenvalue weighted by Gasteiger charge is -2.17. The van der Waals surface area contributed by atoms with Gasteiger partial charge in [0.1, 0.15) is 17.2 Å². The number of fused-ring (bicyclic) bond motifs is 3. The Bertz CT molecular complexity index is 837. The molecular formula is C16H19F3N4OS2. The standard InChI is InChI=1S/C16H19F3N4OS2/c1-7-3-4-9-10(5-7)26-14-11(9)12(20)22-15(23-14)25-8(2)13(24)21-6-16(17,18)19/h7-8H,3-6H2,1-2H3,(H,21,24)(H2,20,22,23). The summed E-state index contributed by atoms with van der Waals surface area (Å²) >= 11 is 2.59. The lowest BCUT2D eigenvalue weighted by atomic mass is 9.89. The van der Waals surface area contributed by atoms with E-state index < -0.39 is 23.9 Å². The third-order valence-corrected chi connectivity index (χ3v) is 6.39. The Morgan fingerprint density at radius 2 is 2.19 bits per heavy atom. The maximum atomic E-state index is 12.2. The molecule has 5 nitrogen and oxygen atoms in total. The number of nitrogens with one attached hydrogen (secondary N) is 1. The van der Waals surface area contributed by atoms with Gasteiger partial charge in [0.15, 0.2) is 5.16 Å².